The third-order valence-corrected chi connectivity index (χ3v) is 10.9. The molecule has 1 atom stereocenters. The van der Waals surface area contributed by atoms with E-state index in [0.29, 0.717) is 54.3 Å². The minimum Gasteiger partial charge on any atom is -0.340 e. The Labute approximate surface area is 260 Å². The Bertz CT molecular complexity index is 1590. The first-order valence-electron chi connectivity index (χ1n) is 14.4. The monoisotopic (exact) mass is 669 g/mol. The predicted molar refractivity (Wildman–Crippen MR) is 167 cm³/mol. The van der Waals surface area contributed by atoms with E-state index in [1.54, 1.807) is 15.9 Å². The summed E-state index contributed by atoms with van der Waals surface area (Å²) < 4.78 is 27.9. The summed E-state index contributed by atoms with van der Waals surface area (Å²) in [6, 6.07) is 21.7. The number of carbonyl (C=O) groups excluding carboxylic acids is 2. The van der Waals surface area contributed by atoms with E-state index < -0.39 is 9.84 Å². The van der Waals surface area contributed by atoms with Crippen LogP contribution in [0.25, 0.3) is 0 Å². The third kappa shape index (κ3) is 6.16. The zero-order chi connectivity index (χ0) is 29.4. The number of piperazine rings is 1. The molecule has 3 aliphatic rings. The lowest BCUT2D eigenvalue weighted by atomic mass is 9.96. The number of carbonyl (C=O) groups is 2. The highest BCUT2D eigenvalue weighted by Crippen LogP contribution is 2.41. The van der Waals surface area contributed by atoms with Gasteiger partial charge in [0.25, 0.3) is 0 Å². The van der Waals surface area contributed by atoms with Gasteiger partial charge in [-0.3, -0.25) is 14.5 Å². The molecule has 2 fully saturated rings. The second kappa shape index (κ2) is 12.1. The minimum absolute atomic E-state index is 0.00317. The van der Waals surface area contributed by atoms with Gasteiger partial charge in [-0.2, -0.15) is 0 Å². The van der Waals surface area contributed by atoms with Crippen molar-refractivity contribution in [3.05, 3.63) is 92.9 Å². The Morgan fingerprint density at radius 1 is 0.905 bits per heavy atom. The third-order valence-electron chi connectivity index (χ3n) is 8.44. The SMILES string of the molecule is O=C(CCS(=O)(=O)c1cc(Br)cc2c1N(C(=O)C1CC1)CC2)N1CCN([C@@H](c2ccccc2)c2ccc(Cl)cc2)CC1. The summed E-state index contributed by atoms with van der Waals surface area (Å²) in [7, 11) is -3.81. The van der Waals surface area contributed by atoms with E-state index in [1.807, 2.05) is 48.5 Å². The Hall–Kier alpha value is -2.72. The van der Waals surface area contributed by atoms with Crippen LogP contribution in [-0.2, 0) is 25.8 Å². The summed E-state index contributed by atoms with van der Waals surface area (Å²) in [6.45, 7) is 2.86. The van der Waals surface area contributed by atoms with Crippen molar-refractivity contribution in [1.29, 1.82) is 0 Å². The fourth-order valence-corrected chi connectivity index (χ4v) is 8.38. The molecule has 0 unspecified atom stereocenters. The van der Waals surface area contributed by atoms with Gasteiger partial charge < -0.3 is 9.80 Å². The molecule has 2 aliphatic heterocycles. The second-order valence-electron chi connectivity index (χ2n) is 11.3. The lowest BCUT2D eigenvalue weighted by Gasteiger charge is -2.40. The average Bonchev–Trinajstić information content (AvgIpc) is 3.76. The Morgan fingerprint density at radius 2 is 1.57 bits per heavy atom. The second-order valence-corrected chi connectivity index (χ2v) is 14.7. The van der Waals surface area contributed by atoms with Crippen molar-refractivity contribution in [1.82, 2.24) is 9.80 Å². The molecule has 6 rings (SSSR count). The molecule has 10 heteroatoms. The van der Waals surface area contributed by atoms with Crippen molar-refractivity contribution in [3.8, 4) is 0 Å². The minimum atomic E-state index is -3.81. The van der Waals surface area contributed by atoms with Crippen molar-refractivity contribution in [2.45, 2.75) is 36.6 Å². The normalized spacial score (nSPS) is 18.1. The summed E-state index contributed by atoms with van der Waals surface area (Å²) >= 11 is 9.60. The predicted octanol–water partition coefficient (Wildman–Crippen LogP) is 5.50. The van der Waals surface area contributed by atoms with Gasteiger partial charge in [-0.1, -0.05) is 70.0 Å². The maximum Gasteiger partial charge on any atom is 0.230 e. The van der Waals surface area contributed by atoms with Crippen LogP contribution in [0.5, 0.6) is 0 Å². The molecule has 0 radical (unpaired) electrons. The van der Waals surface area contributed by atoms with Gasteiger partial charge >= 0.3 is 0 Å². The summed E-state index contributed by atoms with van der Waals surface area (Å²) in [6.07, 6.45) is 2.24. The van der Waals surface area contributed by atoms with Crippen molar-refractivity contribution in [2.24, 2.45) is 5.92 Å². The number of fused-ring (bicyclic) bond motifs is 1. The number of amides is 2. The topological polar surface area (TPSA) is 78.0 Å². The molecule has 42 heavy (non-hydrogen) atoms. The number of sulfone groups is 1. The Kier molecular flexibility index (Phi) is 8.46. The highest BCUT2D eigenvalue weighted by atomic mass is 79.9. The molecule has 1 aliphatic carbocycles. The molecule has 0 spiro atoms. The van der Waals surface area contributed by atoms with Crippen molar-refractivity contribution >= 4 is 54.9 Å². The van der Waals surface area contributed by atoms with Gasteiger partial charge in [-0.25, -0.2) is 8.42 Å². The van der Waals surface area contributed by atoms with E-state index in [9.17, 15) is 18.0 Å². The van der Waals surface area contributed by atoms with Crippen molar-refractivity contribution in [3.63, 3.8) is 0 Å². The zero-order valence-electron chi connectivity index (χ0n) is 23.2. The van der Waals surface area contributed by atoms with E-state index in [4.69, 9.17) is 11.6 Å². The van der Waals surface area contributed by atoms with Gasteiger partial charge in [0.05, 0.1) is 22.4 Å². The Balaban J connectivity index is 1.12. The van der Waals surface area contributed by atoms with Crippen LogP contribution in [0.2, 0.25) is 5.02 Å². The van der Waals surface area contributed by atoms with Crippen LogP contribution >= 0.6 is 27.5 Å². The molecule has 1 saturated heterocycles. The fourth-order valence-electron chi connectivity index (χ4n) is 6.09. The summed E-state index contributed by atoms with van der Waals surface area (Å²) in [5.74, 6) is -0.457. The first-order valence-corrected chi connectivity index (χ1v) is 17.2. The lowest BCUT2D eigenvalue weighted by molar-refractivity contribution is -0.132. The van der Waals surface area contributed by atoms with Crippen LogP contribution in [0, 0.1) is 5.92 Å². The number of hydrogen-bond acceptors (Lipinski definition) is 5. The standard InChI is InChI=1S/C32H33BrClN3O4S/c33-26-20-25-12-14-37(32(39)24-6-7-24)31(25)28(21-26)42(40,41)19-13-29(38)35-15-17-36(18-16-35)30(22-4-2-1-3-5-22)23-8-10-27(34)11-9-23/h1-5,8-11,20-21,24,30H,6-7,12-19H2/t30-/m0/s1. The molecule has 0 bridgehead atoms. The maximum atomic E-state index is 13.6. The smallest absolute Gasteiger partial charge is 0.230 e. The summed E-state index contributed by atoms with van der Waals surface area (Å²) in [5, 5.41) is 0.686. The van der Waals surface area contributed by atoms with Crippen LogP contribution in [0.4, 0.5) is 5.69 Å². The first-order chi connectivity index (χ1) is 20.2. The summed E-state index contributed by atoms with van der Waals surface area (Å²) in [5.41, 5.74) is 3.66. The average molecular weight is 671 g/mol. The van der Waals surface area contributed by atoms with E-state index in [-0.39, 0.29) is 40.8 Å². The molecular weight excluding hydrogens is 638 g/mol. The zero-order valence-corrected chi connectivity index (χ0v) is 26.4. The first kappa shape index (κ1) is 29.4. The van der Waals surface area contributed by atoms with Crippen LogP contribution in [0.3, 0.4) is 0 Å². The lowest BCUT2D eigenvalue weighted by Crippen LogP contribution is -2.50. The summed E-state index contributed by atoms with van der Waals surface area (Å²) in [4.78, 5) is 32.1. The number of halogens is 2. The molecule has 2 amide bonds. The van der Waals surface area contributed by atoms with E-state index in [1.165, 1.54) is 5.56 Å². The quantitative estimate of drug-likeness (QED) is 0.317. The number of nitrogens with zero attached hydrogens (tertiary/aromatic N) is 3. The van der Waals surface area contributed by atoms with Crippen LogP contribution < -0.4 is 4.90 Å². The van der Waals surface area contributed by atoms with Crippen LogP contribution in [0.15, 0.2) is 76.1 Å². The number of anilines is 1. The Morgan fingerprint density at radius 3 is 2.24 bits per heavy atom. The van der Waals surface area contributed by atoms with Gasteiger partial charge in [-0.15, -0.1) is 0 Å². The number of benzene rings is 3. The molecule has 1 saturated carbocycles. The molecule has 3 aromatic rings. The van der Waals surface area contributed by atoms with E-state index >= 15 is 0 Å². The van der Waals surface area contributed by atoms with E-state index in [0.717, 1.165) is 24.0 Å². The highest BCUT2D eigenvalue weighted by molar-refractivity contribution is 9.10. The maximum absolute atomic E-state index is 13.6. The van der Waals surface area contributed by atoms with Gasteiger partial charge in [0.1, 0.15) is 0 Å². The van der Waals surface area contributed by atoms with Gasteiger partial charge in [0, 0.05) is 54.6 Å². The molecule has 0 aromatic heterocycles. The molecule has 3 aromatic carbocycles. The van der Waals surface area contributed by atoms with E-state index in [2.05, 4.69) is 33.0 Å². The molecule has 7 nitrogen and oxygen atoms in total. The van der Waals surface area contributed by atoms with Crippen LogP contribution in [0.1, 0.15) is 42.0 Å². The fraction of sp³-hybridized carbons (Fsp3) is 0.375. The molecule has 220 valence electrons. The molecule has 0 N–H and O–H groups in total. The highest BCUT2D eigenvalue weighted by Gasteiger charge is 2.39. The molecular formula is C32H33BrClN3O4S. The largest absolute Gasteiger partial charge is 0.340 e. The van der Waals surface area contributed by atoms with Gasteiger partial charge in [-0.05, 0) is 60.2 Å². The van der Waals surface area contributed by atoms with Crippen LogP contribution in [-0.4, -0.2) is 68.5 Å². The number of rotatable bonds is 8. The van der Waals surface area contributed by atoms with Crippen molar-refractivity contribution in [2.75, 3.05) is 43.4 Å². The van der Waals surface area contributed by atoms with Gasteiger partial charge in [0.15, 0.2) is 9.84 Å². The van der Waals surface area contributed by atoms with Gasteiger partial charge in [0.2, 0.25) is 11.8 Å². The molecule has 2 heterocycles. The number of hydrogen-bond donors (Lipinski definition) is 0. The van der Waals surface area contributed by atoms with Crippen molar-refractivity contribution < 1.29 is 18.0 Å².